The van der Waals surface area contributed by atoms with E-state index in [0.29, 0.717) is 25.0 Å². The summed E-state index contributed by atoms with van der Waals surface area (Å²) >= 11 is 3.62. The predicted molar refractivity (Wildman–Crippen MR) is 106 cm³/mol. The average Bonchev–Trinajstić information content (AvgIpc) is 3.14. The van der Waals surface area contributed by atoms with Crippen LogP contribution in [0.15, 0.2) is 64.7 Å². The maximum Gasteiger partial charge on any atom is 0.175 e. The summed E-state index contributed by atoms with van der Waals surface area (Å²) in [6.07, 6.45) is 6.52. The molecule has 0 bridgehead atoms. The maximum absolute atomic E-state index is 6.25. The van der Waals surface area contributed by atoms with Crippen molar-refractivity contribution in [2.75, 3.05) is 13.2 Å². The molecular formula is C23H23BrO2. The van der Waals surface area contributed by atoms with Crippen LogP contribution in [0.4, 0.5) is 0 Å². The zero-order valence-corrected chi connectivity index (χ0v) is 16.4. The summed E-state index contributed by atoms with van der Waals surface area (Å²) in [6, 6.07) is 17.6. The molecule has 2 aromatic carbocycles. The molecule has 1 saturated carbocycles. The molecule has 2 aromatic rings. The number of halogens is 1. The van der Waals surface area contributed by atoms with Gasteiger partial charge >= 0.3 is 0 Å². The molecule has 3 aliphatic rings. The van der Waals surface area contributed by atoms with Gasteiger partial charge in [0.1, 0.15) is 0 Å². The van der Waals surface area contributed by atoms with Crippen molar-refractivity contribution >= 4 is 15.9 Å². The predicted octanol–water partition coefficient (Wildman–Crippen LogP) is 5.41. The van der Waals surface area contributed by atoms with Crippen LogP contribution in [-0.4, -0.2) is 19.0 Å². The normalized spacial score (nSPS) is 26.3. The van der Waals surface area contributed by atoms with Gasteiger partial charge < -0.3 is 9.47 Å². The van der Waals surface area contributed by atoms with Gasteiger partial charge in [-0.1, -0.05) is 64.0 Å². The minimum atomic E-state index is -0.426. The molecule has 1 spiro atoms. The van der Waals surface area contributed by atoms with E-state index in [9.17, 15) is 0 Å². The lowest BCUT2D eigenvalue weighted by atomic mass is 9.65. The third-order valence-electron chi connectivity index (χ3n) is 6.21. The van der Waals surface area contributed by atoms with Crippen LogP contribution in [-0.2, 0) is 22.3 Å². The van der Waals surface area contributed by atoms with E-state index < -0.39 is 5.79 Å². The van der Waals surface area contributed by atoms with Gasteiger partial charge in [0.05, 0.1) is 13.2 Å². The number of rotatable bonds is 2. The van der Waals surface area contributed by atoms with Crippen molar-refractivity contribution in [2.45, 2.75) is 37.4 Å². The Morgan fingerprint density at radius 3 is 2.65 bits per heavy atom. The van der Waals surface area contributed by atoms with Gasteiger partial charge in [0.25, 0.3) is 0 Å². The third kappa shape index (κ3) is 2.77. The van der Waals surface area contributed by atoms with Gasteiger partial charge in [0.2, 0.25) is 0 Å². The van der Waals surface area contributed by atoms with E-state index in [1.165, 1.54) is 26.7 Å². The first kappa shape index (κ1) is 16.7. The van der Waals surface area contributed by atoms with Crippen molar-refractivity contribution < 1.29 is 9.47 Å². The first-order chi connectivity index (χ1) is 12.8. The van der Waals surface area contributed by atoms with Crippen LogP contribution in [0.1, 0.15) is 35.4 Å². The van der Waals surface area contributed by atoms with Gasteiger partial charge in [-0.05, 0) is 48.1 Å². The average molecular weight is 411 g/mol. The maximum atomic E-state index is 6.25. The molecule has 1 aliphatic heterocycles. The summed E-state index contributed by atoms with van der Waals surface area (Å²) < 4.78 is 13.7. The Hall–Kier alpha value is -1.42. The first-order valence-electron chi connectivity index (χ1n) is 9.55. The number of hydrogen-bond donors (Lipinski definition) is 0. The molecular weight excluding hydrogens is 388 g/mol. The molecule has 2 unspecified atom stereocenters. The van der Waals surface area contributed by atoms with E-state index in [1.54, 1.807) is 0 Å². The lowest BCUT2D eigenvalue weighted by Gasteiger charge is -2.46. The van der Waals surface area contributed by atoms with Crippen LogP contribution in [0.25, 0.3) is 0 Å². The lowest BCUT2D eigenvalue weighted by Crippen LogP contribution is -2.46. The molecule has 134 valence electrons. The number of fused-ring (bicyclic) bond motifs is 3. The Morgan fingerprint density at radius 2 is 1.85 bits per heavy atom. The Balaban J connectivity index is 1.54. The van der Waals surface area contributed by atoms with Crippen LogP contribution in [0.2, 0.25) is 0 Å². The monoisotopic (exact) mass is 410 g/mol. The Bertz CT molecular complexity index is 837. The summed E-state index contributed by atoms with van der Waals surface area (Å²) in [5.41, 5.74) is 5.84. The topological polar surface area (TPSA) is 18.5 Å². The van der Waals surface area contributed by atoms with Crippen molar-refractivity contribution in [3.05, 3.63) is 81.3 Å². The summed E-state index contributed by atoms with van der Waals surface area (Å²) in [6.45, 7) is 1.43. The van der Waals surface area contributed by atoms with Crippen LogP contribution >= 0.6 is 15.9 Å². The number of benzene rings is 2. The Kier molecular flexibility index (Phi) is 4.27. The third-order valence-corrected chi connectivity index (χ3v) is 6.71. The second-order valence-corrected chi connectivity index (χ2v) is 8.51. The molecule has 0 amide bonds. The minimum Gasteiger partial charge on any atom is -0.347 e. The van der Waals surface area contributed by atoms with Crippen LogP contribution in [0, 0.1) is 5.92 Å². The van der Waals surface area contributed by atoms with Gasteiger partial charge in [-0.15, -0.1) is 0 Å². The molecule has 0 aromatic heterocycles. The van der Waals surface area contributed by atoms with Gasteiger partial charge in [-0.25, -0.2) is 0 Å². The van der Waals surface area contributed by atoms with Crippen molar-refractivity contribution in [3.63, 3.8) is 0 Å². The molecule has 2 nitrogen and oxygen atoms in total. The molecule has 0 radical (unpaired) electrons. The van der Waals surface area contributed by atoms with Gasteiger partial charge in [-0.3, -0.25) is 0 Å². The van der Waals surface area contributed by atoms with E-state index in [-0.39, 0.29) is 0 Å². The van der Waals surface area contributed by atoms with Crippen LogP contribution < -0.4 is 0 Å². The first-order valence-corrected chi connectivity index (χ1v) is 10.3. The fourth-order valence-electron chi connectivity index (χ4n) is 5.06. The zero-order chi connectivity index (χ0) is 17.6. The molecule has 2 atom stereocenters. The highest BCUT2D eigenvalue weighted by molar-refractivity contribution is 9.10. The molecule has 1 saturated heterocycles. The molecule has 1 heterocycles. The molecule has 5 rings (SSSR count). The smallest absolute Gasteiger partial charge is 0.175 e. The summed E-state index contributed by atoms with van der Waals surface area (Å²) in [4.78, 5) is 0. The summed E-state index contributed by atoms with van der Waals surface area (Å²) in [5, 5.41) is 0. The highest BCUT2D eigenvalue weighted by atomic mass is 79.9. The van der Waals surface area contributed by atoms with Crippen molar-refractivity contribution in [1.82, 2.24) is 0 Å². The highest BCUT2D eigenvalue weighted by Gasteiger charge is 2.51. The molecule has 26 heavy (non-hydrogen) atoms. The second kappa shape index (κ2) is 6.63. The Labute approximate surface area is 163 Å². The van der Waals surface area contributed by atoms with Crippen molar-refractivity contribution in [3.8, 4) is 0 Å². The number of hydrogen-bond acceptors (Lipinski definition) is 2. The van der Waals surface area contributed by atoms with E-state index >= 15 is 0 Å². The minimum absolute atomic E-state index is 0.294. The fraction of sp³-hybridized carbons (Fsp3) is 0.391. The highest BCUT2D eigenvalue weighted by Crippen LogP contribution is 2.52. The second-order valence-electron chi connectivity index (χ2n) is 7.59. The van der Waals surface area contributed by atoms with Gasteiger partial charge in [0.15, 0.2) is 5.79 Å². The van der Waals surface area contributed by atoms with Crippen molar-refractivity contribution in [2.24, 2.45) is 5.92 Å². The van der Waals surface area contributed by atoms with Crippen LogP contribution in [0.3, 0.4) is 0 Å². The van der Waals surface area contributed by atoms with Crippen LogP contribution in [0.5, 0.6) is 0 Å². The quantitative estimate of drug-likeness (QED) is 0.616. The molecule has 0 N–H and O–H groups in total. The molecule has 2 aliphatic carbocycles. The van der Waals surface area contributed by atoms with Gasteiger partial charge in [0, 0.05) is 22.7 Å². The molecule has 3 heteroatoms. The standard InChI is InChI=1S/C23H23BrO2/c24-18-7-9-19-17(15-18)6-8-21-20(19)10-11-23(25-12-13-26-23)22(21)14-16-4-2-1-3-5-16/h1-5,7-9,15,20,22H,6,10-14H2. The van der Waals surface area contributed by atoms with Crippen molar-refractivity contribution in [1.29, 1.82) is 0 Å². The lowest BCUT2D eigenvalue weighted by molar-refractivity contribution is -0.200. The molecule has 2 fully saturated rings. The summed E-state index contributed by atoms with van der Waals surface area (Å²) in [7, 11) is 0. The summed E-state index contributed by atoms with van der Waals surface area (Å²) in [5.74, 6) is 0.368. The van der Waals surface area contributed by atoms with Gasteiger partial charge in [-0.2, -0.15) is 0 Å². The van der Waals surface area contributed by atoms with E-state index in [1.807, 2.05) is 0 Å². The fourth-order valence-corrected chi connectivity index (χ4v) is 5.47. The SMILES string of the molecule is Brc1ccc2c(c1)CC=C1C2CCC2(OCCO2)C1Cc1ccccc1. The number of allylic oxidation sites excluding steroid dienone is 1. The Morgan fingerprint density at radius 1 is 1.04 bits per heavy atom. The zero-order valence-electron chi connectivity index (χ0n) is 14.8. The van der Waals surface area contributed by atoms with E-state index in [0.717, 1.165) is 25.7 Å². The number of ether oxygens (including phenoxy) is 2. The van der Waals surface area contributed by atoms with E-state index in [4.69, 9.17) is 9.47 Å². The largest absolute Gasteiger partial charge is 0.347 e. The van der Waals surface area contributed by atoms with E-state index in [2.05, 4.69) is 70.5 Å².